The van der Waals surface area contributed by atoms with Gasteiger partial charge in [0.25, 0.3) is 0 Å². The van der Waals surface area contributed by atoms with E-state index < -0.39 is 16.4 Å². The second-order valence-electron chi connectivity index (χ2n) is 6.40. The largest absolute Gasteiger partial charge is 0.573 e. The number of aryl methyl sites for hydroxylation is 1. The second kappa shape index (κ2) is 6.92. The molecule has 1 aliphatic rings. The summed E-state index contributed by atoms with van der Waals surface area (Å²) in [4.78, 5) is 0.252. The van der Waals surface area contributed by atoms with Crippen LogP contribution in [0.3, 0.4) is 0 Å². The van der Waals surface area contributed by atoms with Gasteiger partial charge in [-0.05, 0) is 49.1 Å². The first kappa shape index (κ1) is 18.7. The number of ether oxygens (including phenoxy) is 1. The fourth-order valence-corrected chi connectivity index (χ4v) is 4.50. The van der Waals surface area contributed by atoms with Gasteiger partial charge < -0.3 is 4.74 Å². The Bertz CT molecular complexity index is 873. The van der Waals surface area contributed by atoms with Gasteiger partial charge in [-0.1, -0.05) is 29.8 Å². The fraction of sp³-hybridized carbons (Fsp3) is 0.333. The molecule has 140 valence electrons. The molecule has 1 heterocycles. The molecule has 26 heavy (non-hydrogen) atoms. The first-order valence-corrected chi connectivity index (χ1v) is 9.49. The Hall–Kier alpha value is -2.06. The van der Waals surface area contributed by atoms with E-state index in [2.05, 4.69) is 4.74 Å². The average Bonchev–Trinajstić information content (AvgIpc) is 2.49. The molecule has 0 unspecified atom stereocenters. The minimum absolute atomic E-state index is 0.0661. The van der Waals surface area contributed by atoms with Crippen molar-refractivity contribution in [1.29, 1.82) is 0 Å². The molecule has 0 atom stereocenters. The summed E-state index contributed by atoms with van der Waals surface area (Å²) in [6, 6.07) is 12.4. The molecule has 0 bridgehead atoms. The summed E-state index contributed by atoms with van der Waals surface area (Å²) < 4.78 is 67.2. The summed E-state index contributed by atoms with van der Waals surface area (Å²) in [5.74, 6) is -0.199. The topological polar surface area (TPSA) is 46.6 Å². The highest BCUT2D eigenvalue weighted by molar-refractivity contribution is 7.89. The van der Waals surface area contributed by atoms with Crippen LogP contribution in [0.4, 0.5) is 13.2 Å². The Kier molecular flexibility index (Phi) is 4.98. The lowest BCUT2D eigenvalue weighted by molar-refractivity contribution is -0.274. The van der Waals surface area contributed by atoms with Crippen LogP contribution >= 0.6 is 0 Å². The predicted octanol–water partition coefficient (Wildman–Crippen LogP) is 3.76. The van der Waals surface area contributed by atoms with E-state index in [0.29, 0.717) is 25.1 Å². The third kappa shape index (κ3) is 4.37. The number of rotatable bonds is 5. The predicted molar refractivity (Wildman–Crippen MR) is 90.3 cm³/mol. The number of hydrogen-bond donors (Lipinski definition) is 0. The van der Waals surface area contributed by atoms with Crippen molar-refractivity contribution in [3.8, 4) is 5.75 Å². The van der Waals surface area contributed by atoms with Crippen molar-refractivity contribution >= 4 is 10.0 Å². The van der Waals surface area contributed by atoms with Gasteiger partial charge in [0.05, 0.1) is 4.90 Å². The van der Waals surface area contributed by atoms with E-state index in [1.807, 2.05) is 6.92 Å². The van der Waals surface area contributed by atoms with Crippen molar-refractivity contribution in [2.45, 2.75) is 24.6 Å². The summed E-state index contributed by atoms with van der Waals surface area (Å²) in [6.07, 6.45) is -4.23. The number of nitrogens with zero attached hydrogens (tertiary/aromatic N) is 1. The van der Waals surface area contributed by atoms with E-state index in [1.54, 1.807) is 30.3 Å². The highest BCUT2D eigenvalue weighted by atomic mass is 32.2. The van der Waals surface area contributed by atoms with Crippen LogP contribution < -0.4 is 4.74 Å². The summed E-state index contributed by atoms with van der Waals surface area (Å²) in [5, 5.41) is 0. The van der Waals surface area contributed by atoms with Crippen LogP contribution in [0.2, 0.25) is 0 Å². The van der Waals surface area contributed by atoms with Crippen LogP contribution in [0, 0.1) is 12.8 Å². The highest BCUT2D eigenvalue weighted by Gasteiger charge is 2.36. The Morgan fingerprint density at radius 2 is 1.77 bits per heavy atom. The van der Waals surface area contributed by atoms with Gasteiger partial charge in [0.1, 0.15) is 5.75 Å². The zero-order valence-corrected chi connectivity index (χ0v) is 14.8. The van der Waals surface area contributed by atoms with E-state index in [0.717, 1.165) is 5.56 Å². The molecule has 2 aromatic carbocycles. The molecule has 0 aliphatic carbocycles. The van der Waals surface area contributed by atoms with Gasteiger partial charge in [0, 0.05) is 13.1 Å². The van der Waals surface area contributed by atoms with E-state index >= 15 is 0 Å². The molecule has 8 heteroatoms. The monoisotopic (exact) mass is 385 g/mol. The first-order valence-electron chi connectivity index (χ1n) is 8.05. The summed E-state index contributed by atoms with van der Waals surface area (Å²) >= 11 is 0. The summed E-state index contributed by atoms with van der Waals surface area (Å²) in [6.45, 7) is 2.58. The lowest BCUT2D eigenvalue weighted by Gasteiger charge is -2.38. The summed E-state index contributed by atoms with van der Waals surface area (Å²) in [7, 11) is -3.52. The zero-order valence-electron chi connectivity index (χ0n) is 14.0. The molecule has 1 aliphatic heterocycles. The Balaban J connectivity index is 1.60. The van der Waals surface area contributed by atoms with Crippen molar-refractivity contribution in [3.63, 3.8) is 0 Å². The van der Waals surface area contributed by atoms with Crippen LogP contribution in [0.25, 0.3) is 0 Å². The molecule has 0 N–H and O–H groups in total. The van der Waals surface area contributed by atoms with Gasteiger partial charge in [-0.25, -0.2) is 8.42 Å². The number of benzene rings is 2. The lowest BCUT2D eigenvalue weighted by Crippen LogP contribution is -2.50. The van der Waals surface area contributed by atoms with Gasteiger partial charge in [-0.2, -0.15) is 4.31 Å². The standard InChI is InChI=1S/C18H18F3NO3S/c1-13-5-7-17(8-6-13)26(23,24)22-11-15(12-22)9-14-3-2-4-16(10-14)25-18(19,20)21/h2-8,10,15H,9,11-12H2,1H3. The number of sulfonamides is 1. The molecule has 0 radical (unpaired) electrons. The van der Waals surface area contributed by atoms with Crippen molar-refractivity contribution < 1.29 is 26.3 Å². The molecule has 1 saturated heterocycles. The molecular weight excluding hydrogens is 367 g/mol. The molecule has 0 aromatic heterocycles. The average molecular weight is 385 g/mol. The highest BCUT2D eigenvalue weighted by Crippen LogP contribution is 2.29. The quantitative estimate of drug-likeness (QED) is 0.787. The fourth-order valence-electron chi connectivity index (χ4n) is 2.91. The lowest BCUT2D eigenvalue weighted by atomic mass is 9.94. The molecule has 1 fully saturated rings. The normalized spacial score (nSPS) is 16.3. The van der Waals surface area contributed by atoms with E-state index in [-0.39, 0.29) is 16.6 Å². The zero-order chi connectivity index (χ0) is 18.9. The van der Waals surface area contributed by atoms with Crippen LogP contribution in [0.1, 0.15) is 11.1 Å². The van der Waals surface area contributed by atoms with Crippen molar-refractivity contribution in [2.75, 3.05) is 13.1 Å². The second-order valence-corrected chi connectivity index (χ2v) is 8.34. The number of halogens is 3. The first-order chi connectivity index (χ1) is 12.1. The molecule has 4 nitrogen and oxygen atoms in total. The van der Waals surface area contributed by atoms with Gasteiger partial charge in [-0.15, -0.1) is 13.2 Å². The molecule has 0 amide bonds. The number of hydrogen-bond acceptors (Lipinski definition) is 3. The van der Waals surface area contributed by atoms with E-state index in [9.17, 15) is 21.6 Å². The molecule has 2 aromatic rings. The van der Waals surface area contributed by atoms with Crippen LogP contribution in [-0.4, -0.2) is 32.2 Å². The third-order valence-electron chi connectivity index (χ3n) is 4.24. The van der Waals surface area contributed by atoms with E-state index in [4.69, 9.17) is 0 Å². The Labute approximate surface area is 150 Å². The molecule has 0 saturated carbocycles. The minimum atomic E-state index is -4.73. The third-order valence-corrected chi connectivity index (χ3v) is 6.08. The Morgan fingerprint density at radius 1 is 1.12 bits per heavy atom. The van der Waals surface area contributed by atoms with Crippen molar-refractivity contribution in [1.82, 2.24) is 4.31 Å². The minimum Gasteiger partial charge on any atom is -0.406 e. The molecular formula is C18H18F3NO3S. The van der Waals surface area contributed by atoms with Crippen molar-refractivity contribution in [2.24, 2.45) is 5.92 Å². The SMILES string of the molecule is Cc1ccc(S(=O)(=O)N2CC(Cc3cccc(OC(F)(F)F)c3)C2)cc1. The molecule has 0 spiro atoms. The maximum Gasteiger partial charge on any atom is 0.573 e. The number of alkyl halides is 3. The Morgan fingerprint density at radius 3 is 2.38 bits per heavy atom. The van der Waals surface area contributed by atoms with Gasteiger partial charge >= 0.3 is 6.36 Å². The maximum absolute atomic E-state index is 12.5. The maximum atomic E-state index is 12.5. The van der Waals surface area contributed by atoms with Gasteiger partial charge in [0.2, 0.25) is 10.0 Å². The van der Waals surface area contributed by atoms with Crippen molar-refractivity contribution in [3.05, 3.63) is 59.7 Å². The van der Waals surface area contributed by atoms with Crippen LogP contribution in [0.5, 0.6) is 5.75 Å². The van der Waals surface area contributed by atoms with Crippen LogP contribution in [-0.2, 0) is 16.4 Å². The van der Waals surface area contributed by atoms with Gasteiger partial charge in [-0.3, -0.25) is 0 Å². The molecule has 3 rings (SSSR count). The van der Waals surface area contributed by atoms with Gasteiger partial charge in [0.15, 0.2) is 0 Å². The van der Waals surface area contributed by atoms with E-state index in [1.165, 1.54) is 22.5 Å². The van der Waals surface area contributed by atoms with Crippen LogP contribution in [0.15, 0.2) is 53.4 Å². The summed E-state index contributed by atoms with van der Waals surface area (Å²) in [5.41, 5.74) is 1.66. The smallest absolute Gasteiger partial charge is 0.406 e.